The van der Waals surface area contributed by atoms with Crippen LogP contribution in [-0.2, 0) is 4.79 Å². The smallest absolute Gasteiger partial charge is 0.211 e. The molecule has 0 saturated heterocycles. The molecule has 0 saturated carbocycles. The number of hydrogen-bond donors (Lipinski definition) is 0. The van der Waals surface area contributed by atoms with E-state index in [2.05, 4.69) is 18.8 Å². The first-order valence-electron chi connectivity index (χ1n) is 4.45. The lowest BCUT2D eigenvalue weighted by Gasteiger charge is -2.07. The van der Waals surface area contributed by atoms with E-state index in [-0.39, 0.29) is 0 Å². The lowest BCUT2D eigenvalue weighted by atomic mass is 9.99. The average Bonchev–Trinajstić information content (AvgIpc) is 2.18. The van der Waals surface area contributed by atoms with Crippen LogP contribution in [0, 0.1) is 0 Å². The van der Waals surface area contributed by atoms with Gasteiger partial charge in [-0.15, -0.1) is 0 Å². The molecule has 0 N–H and O–H groups in total. The van der Waals surface area contributed by atoms with Crippen molar-refractivity contribution in [3.05, 3.63) is 29.8 Å². The Hall–Kier alpha value is -1.40. The summed E-state index contributed by atoms with van der Waals surface area (Å²) in [6.45, 7) is 4.33. The van der Waals surface area contributed by atoms with Gasteiger partial charge < -0.3 is 0 Å². The molecule has 0 aliphatic carbocycles. The first-order valence-corrected chi connectivity index (χ1v) is 4.45. The van der Waals surface area contributed by atoms with E-state index in [1.54, 1.807) is 0 Å². The molecule has 2 nitrogen and oxygen atoms in total. The molecule has 2 heteroatoms. The van der Waals surface area contributed by atoms with E-state index in [0.29, 0.717) is 11.6 Å². The van der Waals surface area contributed by atoms with Crippen LogP contribution in [0.15, 0.2) is 29.3 Å². The summed E-state index contributed by atoms with van der Waals surface area (Å²) in [6, 6.07) is 7.69. The zero-order valence-corrected chi connectivity index (χ0v) is 7.95. The summed E-state index contributed by atoms with van der Waals surface area (Å²) in [5, 5.41) is 0. The number of isocyanates is 1. The van der Waals surface area contributed by atoms with Gasteiger partial charge in [0.15, 0.2) is 0 Å². The van der Waals surface area contributed by atoms with Crippen LogP contribution in [0.4, 0.5) is 5.69 Å². The van der Waals surface area contributed by atoms with Crippen LogP contribution in [0.3, 0.4) is 0 Å². The minimum absolute atomic E-state index is 0.564. The zero-order valence-electron chi connectivity index (χ0n) is 7.95. The van der Waals surface area contributed by atoms with Gasteiger partial charge in [-0.3, -0.25) is 0 Å². The maximum Gasteiger partial charge on any atom is 0.240 e. The summed E-state index contributed by atoms with van der Waals surface area (Å²) in [4.78, 5) is 13.5. The Morgan fingerprint density at radius 1 is 1.38 bits per heavy atom. The van der Waals surface area contributed by atoms with Crippen molar-refractivity contribution in [2.45, 2.75) is 26.2 Å². The third-order valence-electron chi connectivity index (χ3n) is 2.25. The Labute approximate surface area is 78.3 Å². The van der Waals surface area contributed by atoms with Crippen LogP contribution in [0.2, 0.25) is 0 Å². The van der Waals surface area contributed by atoms with Gasteiger partial charge in [0.1, 0.15) is 0 Å². The molecular formula is C11H13NO. The van der Waals surface area contributed by atoms with Gasteiger partial charge in [0.05, 0.1) is 5.69 Å². The minimum Gasteiger partial charge on any atom is -0.211 e. The van der Waals surface area contributed by atoms with E-state index >= 15 is 0 Å². The monoisotopic (exact) mass is 175 g/mol. The molecule has 1 unspecified atom stereocenters. The molecule has 0 radical (unpaired) electrons. The molecule has 0 aliphatic heterocycles. The average molecular weight is 175 g/mol. The second-order valence-electron chi connectivity index (χ2n) is 3.10. The van der Waals surface area contributed by atoms with Crippen LogP contribution in [0.25, 0.3) is 0 Å². The molecule has 1 aromatic rings. The quantitative estimate of drug-likeness (QED) is 0.512. The predicted octanol–water partition coefficient (Wildman–Crippen LogP) is 3.17. The van der Waals surface area contributed by atoms with E-state index < -0.39 is 0 Å². The van der Waals surface area contributed by atoms with Crippen LogP contribution in [0.5, 0.6) is 0 Å². The Kier molecular flexibility index (Phi) is 3.41. The van der Waals surface area contributed by atoms with Gasteiger partial charge in [0, 0.05) is 0 Å². The Bertz CT molecular complexity index is 309. The van der Waals surface area contributed by atoms with Crippen molar-refractivity contribution >= 4 is 11.8 Å². The van der Waals surface area contributed by atoms with Crippen molar-refractivity contribution in [1.29, 1.82) is 0 Å². The Balaban J connectivity index is 2.86. The minimum atomic E-state index is 0.564. The van der Waals surface area contributed by atoms with Crippen molar-refractivity contribution in [2.75, 3.05) is 0 Å². The van der Waals surface area contributed by atoms with Gasteiger partial charge in [0.25, 0.3) is 0 Å². The number of aliphatic imine (C=N–C) groups is 1. The number of benzene rings is 1. The van der Waals surface area contributed by atoms with Crippen molar-refractivity contribution in [2.24, 2.45) is 4.99 Å². The summed E-state index contributed by atoms with van der Waals surface area (Å²) in [7, 11) is 0. The molecule has 1 rings (SSSR count). The van der Waals surface area contributed by atoms with Gasteiger partial charge in [-0.2, -0.15) is 4.99 Å². The van der Waals surface area contributed by atoms with Gasteiger partial charge >= 0.3 is 0 Å². The fourth-order valence-corrected chi connectivity index (χ4v) is 1.17. The first-order chi connectivity index (χ1) is 6.27. The van der Waals surface area contributed by atoms with Crippen LogP contribution >= 0.6 is 0 Å². The topological polar surface area (TPSA) is 29.4 Å². The third kappa shape index (κ3) is 2.53. The highest BCUT2D eigenvalue weighted by molar-refractivity contribution is 5.49. The van der Waals surface area contributed by atoms with E-state index in [9.17, 15) is 4.79 Å². The van der Waals surface area contributed by atoms with E-state index in [1.165, 1.54) is 11.6 Å². The summed E-state index contributed by atoms with van der Waals surface area (Å²) in [6.07, 6.45) is 2.64. The molecule has 0 bridgehead atoms. The molecule has 0 spiro atoms. The molecule has 1 aromatic carbocycles. The van der Waals surface area contributed by atoms with Crippen molar-refractivity contribution in [3.8, 4) is 0 Å². The number of carbonyl (C=O) groups excluding carboxylic acids is 1. The second-order valence-corrected chi connectivity index (χ2v) is 3.10. The highest BCUT2D eigenvalue weighted by Crippen LogP contribution is 2.21. The largest absolute Gasteiger partial charge is 0.240 e. The maximum atomic E-state index is 9.96. The number of hydrogen-bond acceptors (Lipinski definition) is 2. The molecule has 0 heterocycles. The molecule has 0 amide bonds. The fraction of sp³-hybridized carbons (Fsp3) is 0.364. The lowest BCUT2D eigenvalue weighted by Crippen LogP contribution is -1.89. The SMILES string of the molecule is CCC(C)c1ccc(N=C=O)cc1. The van der Waals surface area contributed by atoms with Crippen LogP contribution in [0.1, 0.15) is 31.7 Å². The van der Waals surface area contributed by atoms with Crippen LogP contribution in [-0.4, -0.2) is 6.08 Å². The lowest BCUT2D eigenvalue weighted by molar-refractivity contribution is 0.565. The van der Waals surface area contributed by atoms with Crippen molar-refractivity contribution in [1.82, 2.24) is 0 Å². The van der Waals surface area contributed by atoms with Gasteiger partial charge in [-0.1, -0.05) is 26.0 Å². The second kappa shape index (κ2) is 4.58. The maximum absolute atomic E-state index is 9.96. The highest BCUT2D eigenvalue weighted by Gasteiger charge is 2.01. The number of nitrogens with zero attached hydrogens (tertiary/aromatic N) is 1. The number of rotatable bonds is 3. The molecule has 1 atom stereocenters. The molecular weight excluding hydrogens is 162 g/mol. The molecule has 13 heavy (non-hydrogen) atoms. The Morgan fingerprint density at radius 2 is 2.00 bits per heavy atom. The van der Waals surface area contributed by atoms with E-state index in [1.807, 2.05) is 24.3 Å². The predicted molar refractivity (Wildman–Crippen MR) is 52.9 cm³/mol. The Morgan fingerprint density at radius 3 is 2.46 bits per heavy atom. The molecule has 0 fully saturated rings. The van der Waals surface area contributed by atoms with Gasteiger partial charge in [-0.25, -0.2) is 4.79 Å². The zero-order chi connectivity index (χ0) is 9.68. The molecule has 0 aliphatic rings. The molecule has 68 valence electrons. The van der Waals surface area contributed by atoms with Gasteiger partial charge in [0.2, 0.25) is 6.08 Å². The third-order valence-corrected chi connectivity index (χ3v) is 2.25. The van der Waals surface area contributed by atoms with E-state index in [4.69, 9.17) is 0 Å². The molecule has 0 aromatic heterocycles. The summed E-state index contributed by atoms with van der Waals surface area (Å²) in [5.41, 5.74) is 1.95. The van der Waals surface area contributed by atoms with Crippen LogP contribution < -0.4 is 0 Å². The summed E-state index contributed by atoms with van der Waals surface area (Å²) >= 11 is 0. The summed E-state index contributed by atoms with van der Waals surface area (Å²) < 4.78 is 0. The van der Waals surface area contributed by atoms with Gasteiger partial charge in [-0.05, 0) is 30.0 Å². The fourth-order valence-electron chi connectivity index (χ4n) is 1.17. The highest BCUT2D eigenvalue weighted by atomic mass is 16.1. The van der Waals surface area contributed by atoms with Crippen molar-refractivity contribution < 1.29 is 4.79 Å². The van der Waals surface area contributed by atoms with Crippen molar-refractivity contribution in [3.63, 3.8) is 0 Å². The standard InChI is InChI=1S/C11H13NO/c1-3-9(2)10-4-6-11(7-5-10)12-8-13/h4-7,9H,3H2,1-2H3. The normalized spacial score (nSPS) is 11.8. The first kappa shape index (κ1) is 9.69. The summed E-state index contributed by atoms with van der Waals surface area (Å²) in [5.74, 6) is 0.564. The van der Waals surface area contributed by atoms with E-state index in [0.717, 1.165) is 6.42 Å².